The number of aryl methyl sites for hydroxylation is 1. The minimum atomic E-state index is 0.740. The first-order valence-corrected chi connectivity index (χ1v) is 11.2. The van der Waals surface area contributed by atoms with Gasteiger partial charge < -0.3 is 0 Å². The highest BCUT2D eigenvalue weighted by molar-refractivity contribution is 6.15. The SMILES string of the molecule is CCCCC(CC)Cc1c(-c2ccc(C)cc2)c2ccccc2c2ccccc12. The molecule has 0 aliphatic rings. The van der Waals surface area contributed by atoms with E-state index in [0.29, 0.717) is 0 Å². The molecule has 4 rings (SSSR count). The summed E-state index contributed by atoms with van der Waals surface area (Å²) in [4.78, 5) is 0. The highest BCUT2D eigenvalue weighted by Crippen LogP contribution is 2.40. The van der Waals surface area contributed by atoms with Crippen molar-refractivity contribution in [1.29, 1.82) is 0 Å². The lowest BCUT2D eigenvalue weighted by Gasteiger charge is -2.22. The van der Waals surface area contributed by atoms with Crippen LogP contribution < -0.4 is 0 Å². The van der Waals surface area contributed by atoms with Gasteiger partial charge >= 0.3 is 0 Å². The fourth-order valence-electron chi connectivity index (χ4n) is 4.71. The molecule has 0 bridgehead atoms. The van der Waals surface area contributed by atoms with Gasteiger partial charge in [-0.15, -0.1) is 0 Å². The molecule has 0 saturated heterocycles. The molecular formula is C29H32. The lowest BCUT2D eigenvalue weighted by atomic mass is 9.82. The minimum absolute atomic E-state index is 0.740. The van der Waals surface area contributed by atoms with Gasteiger partial charge in [0, 0.05) is 0 Å². The van der Waals surface area contributed by atoms with Crippen molar-refractivity contribution in [3.63, 3.8) is 0 Å². The molecule has 4 aromatic carbocycles. The van der Waals surface area contributed by atoms with Gasteiger partial charge in [-0.05, 0) is 57.5 Å². The monoisotopic (exact) mass is 380 g/mol. The second-order valence-electron chi connectivity index (χ2n) is 8.43. The minimum Gasteiger partial charge on any atom is -0.0654 e. The zero-order valence-corrected chi connectivity index (χ0v) is 18.0. The van der Waals surface area contributed by atoms with Crippen LogP contribution in [-0.2, 0) is 6.42 Å². The molecule has 0 aromatic heterocycles. The molecule has 0 spiro atoms. The molecule has 0 heteroatoms. The van der Waals surface area contributed by atoms with E-state index in [-0.39, 0.29) is 0 Å². The summed E-state index contributed by atoms with van der Waals surface area (Å²) >= 11 is 0. The Bertz CT molecular complexity index is 1100. The van der Waals surface area contributed by atoms with Crippen molar-refractivity contribution in [2.45, 2.75) is 52.9 Å². The Morgan fingerprint density at radius 2 is 1.28 bits per heavy atom. The lowest BCUT2D eigenvalue weighted by Crippen LogP contribution is -2.06. The van der Waals surface area contributed by atoms with Crippen LogP contribution in [0, 0.1) is 12.8 Å². The van der Waals surface area contributed by atoms with Gasteiger partial charge in [0.1, 0.15) is 0 Å². The molecule has 0 fully saturated rings. The maximum Gasteiger partial charge on any atom is -0.00668 e. The van der Waals surface area contributed by atoms with Gasteiger partial charge in [-0.25, -0.2) is 0 Å². The zero-order chi connectivity index (χ0) is 20.2. The summed E-state index contributed by atoms with van der Waals surface area (Å²) in [6.07, 6.45) is 6.32. The summed E-state index contributed by atoms with van der Waals surface area (Å²) in [5.41, 5.74) is 5.63. The Morgan fingerprint density at radius 3 is 1.90 bits per heavy atom. The molecule has 0 saturated carbocycles. The molecule has 0 heterocycles. The van der Waals surface area contributed by atoms with E-state index in [0.717, 1.165) is 12.3 Å². The van der Waals surface area contributed by atoms with Crippen LogP contribution >= 0.6 is 0 Å². The van der Waals surface area contributed by atoms with E-state index in [4.69, 9.17) is 0 Å². The molecule has 0 nitrogen and oxygen atoms in total. The summed E-state index contributed by atoms with van der Waals surface area (Å²) in [6, 6.07) is 27.1. The second kappa shape index (κ2) is 8.82. The topological polar surface area (TPSA) is 0 Å². The van der Waals surface area contributed by atoms with Crippen molar-refractivity contribution in [3.8, 4) is 11.1 Å². The molecule has 29 heavy (non-hydrogen) atoms. The third-order valence-electron chi connectivity index (χ3n) is 6.42. The van der Waals surface area contributed by atoms with Crippen molar-refractivity contribution in [2.24, 2.45) is 5.92 Å². The van der Waals surface area contributed by atoms with Crippen molar-refractivity contribution in [1.82, 2.24) is 0 Å². The molecule has 0 amide bonds. The van der Waals surface area contributed by atoms with Crippen molar-refractivity contribution >= 4 is 21.5 Å². The first-order valence-electron chi connectivity index (χ1n) is 11.2. The number of unbranched alkanes of at least 4 members (excludes halogenated alkanes) is 1. The van der Waals surface area contributed by atoms with Crippen LogP contribution in [-0.4, -0.2) is 0 Å². The predicted molar refractivity (Wildman–Crippen MR) is 129 cm³/mol. The van der Waals surface area contributed by atoms with Crippen LogP contribution in [0.3, 0.4) is 0 Å². The van der Waals surface area contributed by atoms with E-state index < -0.39 is 0 Å². The summed E-state index contributed by atoms with van der Waals surface area (Å²) in [7, 11) is 0. The van der Waals surface area contributed by atoms with Crippen LogP contribution in [0.4, 0.5) is 0 Å². The van der Waals surface area contributed by atoms with E-state index in [2.05, 4.69) is 93.6 Å². The Hall–Kier alpha value is -2.60. The zero-order valence-electron chi connectivity index (χ0n) is 18.0. The predicted octanol–water partition coefficient (Wildman–Crippen LogP) is 8.73. The first kappa shape index (κ1) is 19.7. The Balaban J connectivity index is 2.01. The third kappa shape index (κ3) is 3.94. The van der Waals surface area contributed by atoms with Gasteiger partial charge in [0.2, 0.25) is 0 Å². The van der Waals surface area contributed by atoms with Crippen LogP contribution in [0.25, 0.3) is 32.7 Å². The summed E-state index contributed by atoms with van der Waals surface area (Å²) < 4.78 is 0. The lowest BCUT2D eigenvalue weighted by molar-refractivity contribution is 0.451. The highest BCUT2D eigenvalue weighted by Gasteiger charge is 2.18. The number of hydrogen-bond acceptors (Lipinski definition) is 0. The van der Waals surface area contributed by atoms with E-state index in [1.165, 1.54) is 69.5 Å². The van der Waals surface area contributed by atoms with Crippen LogP contribution in [0.2, 0.25) is 0 Å². The summed E-state index contributed by atoms with van der Waals surface area (Å²) in [5, 5.41) is 5.57. The van der Waals surface area contributed by atoms with E-state index in [1.54, 1.807) is 0 Å². The fourth-order valence-corrected chi connectivity index (χ4v) is 4.71. The van der Waals surface area contributed by atoms with E-state index >= 15 is 0 Å². The van der Waals surface area contributed by atoms with Crippen molar-refractivity contribution in [2.75, 3.05) is 0 Å². The van der Waals surface area contributed by atoms with Gasteiger partial charge in [0.15, 0.2) is 0 Å². The molecule has 4 aromatic rings. The molecule has 0 aliphatic carbocycles. The van der Waals surface area contributed by atoms with Gasteiger partial charge in [-0.2, -0.15) is 0 Å². The van der Waals surface area contributed by atoms with Gasteiger partial charge in [-0.1, -0.05) is 118 Å². The van der Waals surface area contributed by atoms with Gasteiger partial charge in [0.05, 0.1) is 0 Å². The molecule has 0 aliphatic heterocycles. The van der Waals surface area contributed by atoms with Gasteiger partial charge in [0.25, 0.3) is 0 Å². The molecule has 1 unspecified atom stereocenters. The van der Waals surface area contributed by atoms with E-state index in [1.807, 2.05) is 0 Å². The second-order valence-corrected chi connectivity index (χ2v) is 8.43. The average Bonchev–Trinajstić information content (AvgIpc) is 2.77. The standard InChI is InChI=1S/C29H32/c1-4-6-11-22(5-2)20-28-26-14-8-7-12-24(26)25-13-9-10-15-27(25)29(28)23-18-16-21(3)17-19-23/h7-10,12-19,22H,4-6,11,20H2,1-3H3. The Morgan fingerprint density at radius 1 is 0.690 bits per heavy atom. The van der Waals surface area contributed by atoms with Crippen LogP contribution in [0.15, 0.2) is 72.8 Å². The fraction of sp³-hybridized carbons (Fsp3) is 0.310. The van der Waals surface area contributed by atoms with E-state index in [9.17, 15) is 0 Å². The number of rotatable bonds is 7. The maximum atomic E-state index is 2.36. The third-order valence-corrected chi connectivity index (χ3v) is 6.42. The molecule has 0 N–H and O–H groups in total. The van der Waals surface area contributed by atoms with Crippen molar-refractivity contribution in [3.05, 3.63) is 83.9 Å². The van der Waals surface area contributed by atoms with Crippen molar-refractivity contribution < 1.29 is 0 Å². The maximum absolute atomic E-state index is 2.36. The Labute approximate surface area is 175 Å². The van der Waals surface area contributed by atoms with Crippen LogP contribution in [0.1, 0.15) is 50.7 Å². The molecular weight excluding hydrogens is 348 g/mol. The molecule has 1 atom stereocenters. The molecule has 0 radical (unpaired) electrons. The number of benzene rings is 4. The largest absolute Gasteiger partial charge is 0.0654 e. The quantitative estimate of drug-likeness (QED) is 0.281. The number of fused-ring (bicyclic) bond motifs is 3. The Kier molecular flexibility index (Phi) is 6.00. The molecule has 148 valence electrons. The summed E-state index contributed by atoms with van der Waals surface area (Å²) in [5.74, 6) is 0.740. The first-order chi connectivity index (χ1) is 14.2. The average molecular weight is 381 g/mol. The highest BCUT2D eigenvalue weighted by atomic mass is 14.2. The van der Waals surface area contributed by atoms with Crippen LogP contribution in [0.5, 0.6) is 0 Å². The number of hydrogen-bond donors (Lipinski definition) is 0. The smallest absolute Gasteiger partial charge is 0.00668 e. The normalized spacial score (nSPS) is 12.5. The van der Waals surface area contributed by atoms with Gasteiger partial charge in [-0.3, -0.25) is 0 Å². The summed E-state index contributed by atoms with van der Waals surface area (Å²) in [6.45, 7) is 6.83.